The summed E-state index contributed by atoms with van der Waals surface area (Å²) in [5, 5.41) is 10.4. The number of hydrogen-bond donors (Lipinski definition) is 1. The van der Waals surface area contributed by atoms with Gasteiger partial charge in [0.05, 0.1) is 32.2 Å². The molecule has 1 atom stereocenters. The summed E-state index contributed by atoms with van der Waals surface area (Å²) in [6.07, 6.45) is 0. The lowest BCUT2D eigenvalue weighted by atomic mass is 9.84. The molecule has 2 heterocycles. The summed E-state index contributed by atoms with van der Waals surface area (Å²) >= 11 is 6.34. The molecule has 7 nitrogen and oxygen atoms in total. The van der Waals surface area contributed by atoms with Crippen molar-refractivity contribution < 1.29 is 14.2 Å². The van der Waals surface area contributed by atoms with Crippen LogP contribution in [0.5, 0.6) is 17.2 Å². The minimum absolute atomic E-state index is 0.0348. The first-order valence-corrected chi connectivity index (χ1v) is 10.5. The molecule has 1 aliphatic rings. The number of ether oxygens (including phenoxy) is 3. The number of aromatic nitrogens is 1. The maximum Gasteiger partial charge on any atom is 0.259 e. The molecule has 33 heavy (non-hydrogen) atoms. The van der Waals surface area contributed by atoms with Crippen LogP contribution in [0.4, 0.5) is 0 Å². The van der Waals surface area contributed by atoms with Gasteiger partial charge in [-0.15, -0.1) is 0 Å². The van der Waals surface area contributed by atoms with Crippen molar-refractivity contribution in [1.82, 2.24) is 4.57 Å². The van der Waals surface area contributed by atoms with Crippen molar-refractivity contribution in [3.8, 4) is 23.3 Å². The molecular weight excluding hydrogens is 442 g/mol. The average molecular weight is 464 g/mol. The standard InChI is InChI=1S/C25H22ClN3O4/c1-14-10-21-23(25(30)29(14)13-16-6-4-5-7-18(16)26)22(17(12-27)24(28)33-21)15-8-9-19(31-2)20(11-15)32-3/h4-11,22H,13,28H2,1-3H3/t22-/m0/s1. The van der Waals surface area contributed by atoms with Gasteiger partial charge in [0.1, 0.15) is 17.4 Å². The van der Waals surface area contributed by atoms with Crippen molar-refractivity contribution in [2.75, 3.05) is 14.2 Å². The number of benzene rings is 2. The van der Waals surface area contributed by atoms with Crippen molar-refractivity contribution in [2.24, 2.45) is 5.73 Å². The fourth-order valence-electron chi connectivity index (χ4n) is 4.05. The van der Waals surface area contributed by atoms with E-state index < -0.39 is 5.92 Å². The summed E-state index contributed by atoms with van der Waals surface area (Å²) in [4.78, 5) is 13.8. The number of fused-ring (bicyclic) bond motifs is 1. The van der Waals surface area contributed by atoms with E-state index in [1.54, 1.807) is 34.9 Å². The predicted octanol–water partition coefficient (Wildman–Crippen LogP) is 4.09. The maximum absolute atomic E-state index is 13.8. The zero-order valence-electron chi connectivity index (χ0n) is 18.4. The molecule has 0 spiro atoms. The van der Waals surface area contributed by atoms with E-state index in [0.29, 0.717) is 39.1 Å². The fraction of sp³-hybridized carbons (Fsp3) is 0.200. The smallest absolute Gasteiger partial charge is 0.259 e. The topological polar surface area (TPSA) is 99.5 Å². The Kier molecular flexibility index (Phi) is 6.03. The van der Waals surface area contributed by atoms with Crippen LogP contribution in [0, 0.1) is 18.3 Å². The Morgan fingerprint density at radius 2 is 1.88 bits per heavy atom. The van der Waals surface area contributed by atoms with Crippen molar-refractivity contribution >= 4 is 11.6 Å². The molecule has 0 radical (unpaired) electrons. The Labute approximate surface area is 196 Å². The number of halogens is 1. The first-order chi connectivity index (χ1) is 15.9. The van der Waals surface area contributed by atoms with Gasteiger partial charge < -0.3 is 24.5 Å². The highest BCUT2D eigenvalue weighted by atomic mass is 35.5. The van der Waals surface area contributed by atoms with Crippen LogP contribution in [-0.4, -0.2) is 18.8 Å². The second-order valence-corrected chi connectivity index (χ2v) is 7.99. The second-order valence-electron chi connectivity index (χ2n) is 7.59. The van der Waals surface area contributed by atoms with Gasteiger partial charge in [0, 0.05) is 16.8 Å². The van der Waals surface area contributed by atoms with Gasteiger partial charge >= 0.3 is 0 Å². The van der Waals surface area contributed by atoms with Crippen LogP contribution in [-0.2, 0) is 6.54 Å². The van der Waals surface area contributed by atoms with E-state index in [4.69, 9.17) is 31.5 Å². The van der Waals surface area contributed by atoms with E-state index in [1.807, 2.05) is 25.1 Å². The van der Waals surface area contributed by atoms with E-state index in [0.717, 1.165) is 5.56 Å². The number of methoxy groups -OCH3 is 2. The maximum atomic E-state index is 13.8. The van der Waals surface area contributed by atoms with Crippen LogP contribution in [0.25, 0.3) is 0 Å². The molecule has 0 fully saturated rings. The minimum atomic E-state index is -0.732. The van der Waals surface area contributed by atoms with Gasteiger partial charge in [0.15, 0.2) is 11.5 Å². The van der Waals surface area contributed by atoms with Gasteiger partial charge in [-0.25, -0.2) is 0 Å². The quantitative estimate of drug-likeness (QED) is 0.611. The summed E-state index contributed by atoms with van der Waals surface area (Å²) in [6.45, 7) is 2.09. The molecule has 168 valence electrons. The number of allylic oxidation sites excluding steroid dienone is 1. The second kappa shape index (κ2) is 8.93. The average Bonchev–Trinajstić information content (AvgIpc) is 2.81. The Morgan fingerprint density at radius 1 is 1.15 bits per heavy atom. The summed E-state index contributed by atoms with van der Waals surface area (Å²) in [6, 6.07) is 16.5. The molecule has 2 aromatic carbocycles. The van der Waals surface area contributed by atoms with Crippen molar-refractivity contribution in [2.45, 2.75) is 19.4 Å². The van der Waals surface area contributed by atoms with Gasteiger partial charge in [0.25, 0.3) is 5.56 Å². The number of nitrogens with zero attached hydrogens (tertiary/aromatic N) is 2. The molecular formula is C25H22ClN3O4. The molecule has 4 rings (SSSR count). The molecule has 3 aromatic rings. The third kappa shape index (κ3) is 3.90. The minimum Gasteiger partial charge on any atom is -0.493 e. The van der Waals surface area contributed by atoms with Crippen LogP contribution < -0.4 is 25.5 Å². The summed E-state index contributed by atoms with van der Waals surface area (Å²) in [5.74, 6) is 0.562. The van der Waals surface area contributed by atoms with Gasteiger partial charge in [0.2, 0.25) is 5.88 Å². The summed E-state index contributed by atoms with van der Waals surface area (Å²) in [5.41, 5.74) is 8.42. The normalized spacial score (nSPS) is 14.8. The van der Waals surface area contributed by atoms with Gasteiger partial charge in [-0.05, 0) is 36.2 Å². The van der Waals surface area contributed by atoms with Crippen molar-refractivity contribution in [3.05, 3.63) is 97.7 Å². The molecule has 0 saturated carbocycles. The lowest BCUT2D eigenvalue weighted by molar-refractivity contribution is 0.354. The van der Waals surface area contributed by atoms with E-state index in [-0.39, 0.29) is 23.6 Å². The zero-order valence-corrected chi connectivity index (χ0v) is 19.1. The summed E-state index contributed by atoms with van der Waals surface area (Å²) in [7, 11) is 3.06. The molecule has 1 aromatic heterocycles. The SMILES string of the molecule is COc1ccc([C@H]2C(C#N)=C(N)Oc3cc(C)n(Cc4ccccc4Cl)c(=O)c32)cc1OC. The van der Waals surface area contributed by atoms with Crippen LogP contribution >= 0.6 is 11.6 Å². The molecule has 0 bridgehead atoms. The number of rotatable bonds is 5. The number of nitriles is 1. The van der Waals surface area contributed by atoms with Gasteiger partial charge in [-0.2, -0.15) is 5.26 Å². The molecule has 2 N–H and O–H groups in total. The first-order valence-electron chi connectivity index (χ1n) is 10.2. The van der Waals surface area contributed by atoms with Crippen LogP contribution in [0.2, 0.25) is 5.02 Å². The monoisotopic (exact) mass is 463 g/mol. The molecule has 0 unspecified atom stereocenters. The highest BCUT2D eigenvalue weighted by Gasteiger charge is 2.35. The molecule has 0 amide bonds. The third-order valence-electron chi connectivity index (χ3n) is 5.72. The third-order valence-corrected chi connectivity index (χ3v) is 6.09. The zero-order chi connectivity index (χ0) is 23.7. The highest BCUT2D eigenvalue weighted by molar-refractivity contribution is 6.31. The predicted molar refractivity (Wildman–Crippen MR) is 125 cm³/mol. The van der Waals surface area contributed by atoms with Crippen LogP contribution in [0.15, 0.2) is 64.8 Å². The molecule has 0 aliphatic carbocycles. The molecule has 1 aliphatic heterocycles. The van der Waals surface area contributed by atoms with Crippen LogP contribution in [0.1, 0.15) is 28.3 Å². The largest absolute Gasteiger partial charge is 0.493 e. The molecule has 0 saturated heterocycles. The van der Waals surface area contributed by atoms with Crippen molar-refractivity contribution in [1.29, 1.82) is 5.26 Å². The van der Waals surface area contributed by atoms with E-state index in [9.17, 15) is 10.1 Å². The Morgan fingerprint density at radius 3 is 2.55 bits per heavy atom. The first kappa shape index (κ1) is 22.3. The number of pyridine rings is 1. The molecule has 8 heteroatoms. The van der Waals surface area contributed by atoms with Crippen LogP contribution in [0.3, 0.4) is 0 Å². The van der Waals surface area contributed by atoms with E-state index >= 15 is 0 Å². The number of aryl methyl sites for hydroxylation is 1. The lowest BCUT2D eigenvalue weighted by Crippen LogP contribution is -2.33. The van der Waals surface area contributed by atoms with Gasteiger partial charge in [-0.1, -0.05) is 35.9 Å². The number of nitrogens with two attached hydrogens (primary N) is 1. The van der Waals surface area contributed by atoms with E-state index in [2.05, 4.69) is 6.07 Å². The Bertz CT molecular complexity index is 1370. The summed E-state index contributed by atoms with van der Waals surface area (Å²) < 4.78 is 18.1. The Balaban J connectivity index is 1.94. The van der Waals surface area contributed by atoms with Crippen molar-refractivity contribution in [3.63, 3.8) is 0 Å². The number of hydrogen-bond acceptors (Lipinski definition) is 6. The highest BCUT2D eigenvalue weighted by Crippen LogP contribution is 2.42. The fourth-order valence-corrected chi connectivity index (χ4v) is 4.24. The van der Waals surface area contributed by atoms with E-state index in [1.165, 1.54) is 14.2 Å². The lowest BCUT2D eigenvalue weighted by Gasteiger charge is -2.27. The Hall–Kier alpha value is -3.89. The van der Waals surface area contributed by atoms with Gasteiger partial charge in [-0.3, -0.25) is 4.79 Å².